The number of carbonyl (C=O) groups excluding carboxylic acids is 2. The summed E-state index contributed by atoms with van der Waals surface area (Å²) in [5, 5.41) is 7.00. The van der Waals surface area contributed by atoms with Crippen LogP contribution in [0, 0.1) is 11.6 Å². The van der Waals surface area contributed by atoms with E-state index in [1.165, 1.54) is 6.07 Å². The van der Waals surface area contributed by atoms with Gasteiger partial charge in [-0.1, -0.05) is 16.4 Å². The molecule has 128 valence electrons. The summed E-state index contributed by atoms with van der Waals surface area (Å²) in [7, 11) is 2.08. The minimum Gasteiger partial charge on any atom is -0.437 e. The van der Waals surface area contributed by atoms with E-state index >= 15 is 0 Å². The Balaban J connectivity index is 2.38. The number of benzene rings is 1. The van der Waals surface area contributed by atoms with Gasteiger partial charge in [0.1, 0.15) is 11.6 Å². The molecule has 0 unspecified atom stereocenters. The molecule has 0 aliphatic rings. The second-order valence-corrected chi connectivity index (χ2v) is 4.17. The molecule has 0 fully saturated rings. The largest absolute Gasteiger partial charge is 0.515 e. The van der Waals surface area contributed by atoms with Crippen LogP contribution in [0.1, 0.15) is 5.56 Å². The number of rotatable bonds is 4. The Bertz CT molecular complexity index is 744. The first kappa shape index (κ1) is 17.1. The molecule has 1 aromatic carbocycles. The zero-order valence-corrected chi connectivity index (χ0v) is 12.5. The second kappa shape index (κ2) is 7.35. The first-order chi connectivity index (χ1) is 11.5. The monoisotopic (exact) mass is 343 g/mol. The number of hydrogen-bond acceptors (Lipinski definition) is 8. The van der Waals surface area contributed by atoms with Gasteiger partial charge >= 0.3 is 18.2 Å². The number of ether oxygens (including phenoxy) is 4. The number of nitrogens with zero attached hydrogens (tertiary/aromatic N) is 3. The lowest BCUT2D eigenvalue weighted by Crippen LogP contribution is -2.15. The van der Waals surface area contributed by atoms with Crippen molar-refractivity contribution < 1.29 is 37.3 Å². The van der Waals surface area contributed by atoms with Crippen molar-refractivity contribution in [2.24, 2.45) is 0 Å². The maximum absolute atomic E-state index is 13.7. The molecule has 0 N–H and O–H groups in total. The van der Waals surface area contributed by atoms with Crippen LogP contribution < -0.4 is 9.47 Å². The van der Waals surface area contributed by atoms with Gasteiger partial charge in [0, 0.05) is 5.56 Å². The molecule has 0 atom stereocenters. The Hall–Kier alpha value is -3.24. The third-order valence-electron chi connectivity index (χ3n) is 2.72. The molecule has 0 spiro atoms. The highest BCUT2D eigenvalue weighted by atomic mass is 19.1. The fourth-order valence-electron chi connectivity index (χ4n) is 1.63. The van der Waals surface area contributed by atoms with Gasteiger partial charge in [0.2, 0.25) is 0 Å². The van der Waals surface area contributed by atoms with Gasteiger partial charge in [-0.2, -0.15) is 0 Å². The number of halogens is 2. The van der Waals surface area contributed by atoms with E-state index in [9.17, 15) is 18.4 Å². The highest BCUT2D eigenvalue weighted by Crippen LogP contribution is 2.26. The maximum atomic E-state index is 13.7. The molecule has 0 saturated carbocycles. The van der Waals surface area contributed by atoms with Gasteiger partial charge < -0.3 is 18.9 Å². The first-order valence-corrected chi connectivity index (χ1v) is 6.34. The van der Waals surface area contributed by atoms with E-state index in [0.717, 1.165) is 31.0 Å². The van der Waals surface area contributed by atoms with E-state index in [2.05, 4.69) is 24.5 Å². The van der Waals surface area contributed by atoms with E-state index in [4.69, 9.17) is 4.74 Å². The quantitative estimate of drug-likeness (QED) is 0.776. The molecule has 0 aliphatic carbocycles. The van der Waals surface area contributed by atoms with Crippen molar-refractivity contribution in [2.75, 3.05) is 14.2 Å². The zero-order valence-electron chi connectivity index (χ0n) is 12.5. The Morgan fingerprint density at radius 2 is 1.67 bits per heavy atom. The number of methoxy groups -OCH3 is 2. The Morgan fingerprint density at radius 3 is 2.25 bits per heavy atom. The summed E-state index contributed by atoms with van der Waals surface area (Å²) in [5.74, 6) is -2.71. The number of aromatic nitrogens is 3. The van der Waals surface area contributed by atoms with Gasteiger partial charge in [0.25, 0.3) is 5.88 Å². The van der Waals surface area contributed by atoms with Crippen molar-refractivity contribution in [3.63, 3.8) is 0 Å². The Labute approximate surface area is 133 Å². The van der Waals surface area contributed by atoms with Crippen LogP contribution in [-0.4, -0.2) is 41.5 Å². The summed E-state index contributed by atoms with van der Waals surface area (Å²) < 4.78 is 46.3. The molecule has 2 rings (SSSR count). The fraction of sp³-hybridized carbons (Fsp3) is 0.231. The molecule has 24 heavy (non-hydrogen) atoms. The van der Waals surface area contributed by atoms with Crippen molar-refractivity contribution in [1.29, 1.82) is 0 Å². The average molecular weight is 343 g/mol. The van der Waals surface area contributed by atoms with Gasteiger partial charge in [-0.15, -0.1) is 0 Å². The summed E-state index contributed by atoms with van der Waals surface area (Å²) in [5.41, 5.74) is -0.360. The van der Waals surface area contributed by atoms with Gasteiger partial charge in [-0.3, -0.25) is 0 Å². The Morgan fingerprint density at radius 1 is 1.08 bits per heavy atom. The van der Waals surface area contributed by atoms with Crippen LogP contribution in [-0.2, 0) is 16.0 Å². The SMILES string of the molecule is COC(=O)Oc1nnn(Cc2c(F)cccc2F)c1OC(=O)OC. The second-order valence-electron chi connectivity index (χ2n) is 4.17. The molecule has 2 aromatic rings. The van der Waals surface area contributed by atoms with E-state index < -0.39 is 42.2 Å². The molecule has 0 saturated heterocycles. The van der Waals surface area contributed by atoms with Crippen molar-refractivity contribution >= 4 is 12.3 Å². The number of carbonyl (C=O) groups is 2. The lowest BCUT2D eigenvalue weighted by molar-refractivity contribution is 0.107. The van der Waals surface area contributed by atoms with Crippen molar-refractivity contribution in [3.05, 3.63) is 35.4 Å². The van der Waals surface area contributed by atoms with E-state index in [1.807, 2.05) is 0 Å². The van der Waals surface area contributed by atoms with E-state index in [0.29, 0.717) is 0 Å². The highest BCUT2D eigenvalue weighted by molar-refractivity contribution is 5.66. The third-order valence-corrected chi connectivity index (χ3v) is 2.72. The van der Waals surface area contributed by atoms with Crippen LogP contribution >= 0.6 is 0 Å². The molecule has 0 amide bonds. The standard InChI is InChI=1S/C13H11F2N3O6/c1-21-12(19)23-10-11(24-13(20)22-2)18(17-16-10)6-7-8(14)4-3-5-9(7)15/h3-5H,6H2,1-2H3. The molecule has 11 heteroatoms. The molecule has 9 nitrogen and oxygen atoms in total. The molecule has 1 heterocycles. The van der Waals surface area contributed by atoms with E-state index in [1.54, 1.807) is 0 Å². The molecule has 1 aromatic heterocycles. The molecular weight excluding hydrogens is 332 g/mol. The lowest BCUT2D eigenvalue weighted by atomic mass is 10.2. The summed E-state index contributed by atoms with van der Waals surface area (Å²) >= 11 is 0. The van der Waals surface area contributed by atoms with Crippen LogP contribution in [0.25, 0.3) is 0 Å². The zero-order chi connectivity index (χ0) is 17.7. The summed E-state index contributed by atoms with van der Waals surface area (Å²) in [6.45, 7) is -0.484. The third kappa shape index (κ3) is 3.74. The highest BCUT2D eigenvalue weighted by Gasteiger charge is 2.24. The minimum absolute atomic E-state index is 0.360. The van der Waals surface area contributed by atoms with Gasteiger partial charge in [0.15, 0.2) is 0 Å². The smallest absolute Gasteiger partial charge is 0.437 e. The van der Waals surface area contributed by atoms with Crippen molar-refractivity contribution in [1.82, 2.24) is 15.0 Å². The van der Waals surface area contributed by atoms with Crippen molar-refractivity contribution in [3.8, 4) is 11.8 Å². The first-order valence-electron chi connectivity index (χ1n) is 6.34. The van der Waals surface area contributed by atoms with Crippen LogP contribution in [0.4, 0.5) is 18.4 Å². The molecule has 0 bridgehead atoms. The van der Waals surface area contributed by atoms with Crippen LogP contribution in [0.5, 0.6) is 11.8 Å². The predicted octanol–water partition coefficient (Wildman–Crippen LogP) is 1.90. The van der Waals surface area contributed by atoms with Crippen molar-refractivity contribution in [2.45, 2.75) is 6.54 Å². The normalized spacial score (nSPS) is 10.2. The topological polar surface area (TPSA) is 102 Å². The van der Waals surface area contributed by atoms with E-state index in [-0.39, 0.29) is 5.56 Å². The van der Waals surface area contributed by atoms with Gasteiger partial charge in [-0.05, 0) is 12.1 Å². The Kier molecular flexibility index (Phi) is 5.24. The average Bonchev–Trinajstić information content (AvgIpc) is 2.92. The van der Waals surface area contributed by atoms with Crippen LogP contribution in [0.2, 0.25) is 0 Å². The van der Waals surface area contributed by atoms with Gasteiger partial charge in [0.05, 0.1) is 20.8 Å². The minimum atomic E-state index is -1.18. The summed E-state index contributed by atoms with van der Waals surface area (Å²) in [4.78, 5) is 22.4. The maximum Gasteiger partial charge on any atom is 0.515 e. The van der Waals surface area contributed by atoms with Crippen LogP contribution in [0.15, 0.2) is 18.2 Å². The summed E-state index contributed by atoms with van der Waals surface area (Å²) in [6, 6.07) is 3.28. The van der Waals surface area contributed by atoms with Crippen LogP contribution in [0.3, 0.4) is 0 Å². The molecule has 0 aliphatic heterocycles. The molecular formula is C13H11F2N3O6. The summed E-state index contributed by atoms with van der Waals surface area (Å²) in [6.07, 6.45) is -2.34. The molecule has 0 radical (unpaired) electrons. The lowest BCUT2D eigenvalue weighted by Gasteiger charge is -2.08. The fourth-order valence-corrected chi connectivity index (χ4v) is 1.63. The number of hydrogen-bond donors (Lipinski definition) is 0. The predicted molar refractivity (Wildman–Crippen MR) is 71.5 cm³/mol. The van der Waals surface area contributed by atoms with Gasteiger partial charge in [-0.25, -0.2) is 23.1 Å².